The van der Waals surface area contributed by atoms with Crippen LogP contribution in [-0.2, 0) is 22.6 Å². The first-order chi connectivity index (χ1) is 7.99. The monoisotopic (exact) mass is 254 g/mol. The molecule has 17 heavy (non-hydrogen) atoms. The minimum atomic E-state index is -3.68. The normalized spacial score (nSPS) is 11.6. The van der Waals surface area contributed by atoms with Gasteiger partial charge >= 0.3 is 0 Å². The number of rotatable bonds is 3. The minimum Gasteiger partial charge on any atom is -0.276 e. The fourth-order valence-electron chi connectivity index (χ4n) is 1.51. The van der Waals surface area contributed by atoms with Crippen LogP contribution < -0.4 is 0 Å². The first-order valence-corrected chi connectivity index (χ1v) is 6.60. The molecular formula is C11H11FN2O2S. The zero-order valence-corrected chi connectivity index (χ0v) is 9.98. The molecule has 0 saturated carbocycles. The van der Waals surface area contributed by atoms with Crippen LogP contribution in [0, 0.1) is 5.82 Å². The Morgan fingerprint density at radius 3 is 2.59 bits per heavy atom. The number of aryl methyl sites for hydroxylation is 1. The summed E-state index contributed by atoms with van der Waals surface area (Å²) in [7, 11) is -1.99. The van der Waals surface area contributed by atoms with Crippen molar-refractivity contribution in [3.63, 3.8) is 0 Å². The molecule has 2 rings (SSSR count). The van der Waals surface area contributed by atoms with E-state index >= 15 is 0 Å². The molecule has 1 aromatic carbocycles. The van der Waals surface area contributed by atoms with E-state index in [0.29, 0.717) is 5.69 Å². The maximum Gasteiger partial charge on any atom is 0.187 e. The zero-order valence-electron chi connectivity index (χ0n) is 9.17. The topological polar surface area (TPSA) is 52.0 Å². The van der Waals surface area contributed by atoms with Crippen molar-refractivity contribution in [3.05, 3.63) is 48.0 Å². The molecule has 2 aromatic rings. The first kappa shape index (κ1) is 11.8. The van der Waals surface area contributed by atoms with Crippen LogP contribution in [0.15, 0.2) is 41.4 Å². The van der Waals surface area contributed by atoms with Crippen molar-refractivity contribution in [2.45, 2.75) is 10.6 Å². The summed E-state index contributed by atoms with van der Waals surface area (Å²) in [5.74, 6) is -1.03. The number of sulfone groups is 1. The number of benzene rings is 1. The Hall–Kier alpha value is -1.69. The Kier molecular flexibility index (Phi) is 2.97. The third-order valence-corrected chi connectivity index (χ3v) is 3.96. The maximum atomic E-state index is 13.4. The van der Waals surface area contributed by atoms with E-state index in [1.165, 1.54) is 22.9 Å². The largest absolute Gasteiger partial charge is 0.276 e. The van der Waals surface area contributed by atoms with E-state index in [-0.39, 0.29) is 10.6 Å². The predicted molar refractivity (Wildman–Crippen MR) is 60.5 cm³/mol. The summed E-state index contributed by atoms with van der Waals surface area (Å²) >= 11 is 0. The van der Waals surface area contributed by atoms with Gasteiger partial charge in [0.25, 0.3) is 0 Å². The van der Waals surface area contributed by atoms with E-state index in [2.05, 4.69) is 5.10 Å². The summed E-state index contributed by atoms with van der Waals surface area (Å²) < 4.78 is 38.8. The van der Waals surface area contributed by atoms with Crippen LogP contribution in [0.4, 0.5) is 4.39 Å². The number of halogens is 1. The third kappa shape index (κ3) is 2.52. The summed E-state index contributed by atoms with van der Waals surface area (Å²) in [4.78, 5) is -0.286. The van der Waals surface area contributed by atoms with Gasteiger partial charge in [0.2, 0.25) is 0 Å². The van der Waals surface area contributed by atoms with Gasteiger partial charge in [0.05, 0.1) is 11.4 Å². The van der Waals surface area contributed by atoms with Gasteiger partial charge in [-0.25, -0.2) is 12.8 Å². The molecule has 1 aromatic heterocycles. The molecule has 0 aliphatic rings. The SMILES string of the molecule is Cn1ccc(CS(=O)(=O)c2ccccc2F)n1. The van der Waals surface area contributed by atoms with Crippen molar-refractivity contribution in [1.29, 1.82) is 0 Å². The molecule has 0 aliphatic heterocycles. The standard InChI is InChI=1S/C11H11FN2O2S/c1-14-7-6-9(13-14)8-17(15,16)11-5-3-2-4-10(11)12/h2-7H,8H2,1H3. The molecule has 0 aliphatic carbocycles. The van der Waals surface area contributed by atoms with Crippen molar-refractivity contribution >= 4 is 9.84 Å². The van der Waals surface area contributed by atoms with Gasteiger partial charge in [-0.2, -0.15) is 5.10 Å². The molecule has 0 saturated heterocycles. The number of nitrogens with zero attached hydrogens (tertiary/aromatic N) is 2. The minimum absolute atomic E-state index is 0.286. The highest BCUT2D eigenvalue weighted by Crippen LogP contribution is 2.18. The third-order valence-electron chi connectivity index (χ3n) is 2.28. The second-order valence-electron chi connectivity index (χ2n) is 3.67. The number of hydrogen-bond acceptors (Lipinski definition) is 3. The summed E-state index contributed by atoms with van der Waals surface area (Å²) in [6.45, 7) is 0. The molecule has 0 N–H and O–H groups in total. The van der Waals surface area contributed by atoms with Crippen LogP contribution in [0.1, 0.15) is 5.69 Å². The fraction of sp³-hybridized carbons (Fsp3) is 0.182. The Balaban J connectivity index is 2.35. The van der Waals surface area contributed by atoms with Crippen LogP contribution in [0.3, 0.4) is 0 Å². The van der Waals surface area contributed by atoms with Gasteiger partial charge in [0.1, 0.15) is 10.7 Å². The quantitative estimate of drug-likeness (QED) is 0.834. The molecule has 0 radical (unpaired) electrons. The van der Waals surface area contributed by atoms with E-state index in [9.17, 15) is 12.8 Å². The van der Waals surface area contributed by atoms with Gasteiger partial charge < -0.3 is 0 Å². The molecule has 90 valence electrons. The van der Waals surface area contributed by atoms with Gasteiger partial charge in [-0.05, 0) is 18.2 Å². The fourth-order valence-corrected chi connectivity index (χ4v) is 2.86. The van der Waals surface area contributed by atoms with Crippen LogP contribution in [-0.4, -0.2) is 18.2 Å². The highest BCUT2D eigenvalue weighted by molar-refractivity contribution is 7.90. The van der Waals surface area contributed by atoms with Crippen molar-refractivity contribution in [2.24, 2.45) is 7.05 Å². The highest BCUT2D eigenvalue weighted by Gasteiger charge is 2.20. The van der Waals surface area contributed by atoms with E-state index in [4.69, 9.17) is 0 Å². The summed E-state index contributed by atoms with van der Waals surface area (Å²) in [5.41, 5.74) is 0.399. The Morgan fingerprint density at radius 1 is 1.29 bits per heavy atom. The van der Waals surface area contributed by atoms with Crippen LogP contribution in [0.5, 0.6) is 0 Å². The van der Waals surface area contributed by atoms with Gasteiger partial charge in [-0.15, -0.1) is 0 Å². The average Bonchev–Trinajstić information content (AvgIpc) is 2.63. The van der Waals surface area contributed by atoms with E-state index in [1.54, 1.807) is 19.3 Å². The van der Waals surface area contributed by atoms with Crippen LogP contribution in [0.25, 0.3) is 0 Å². The van der Waals surface area contributed by atoms with Gasteiger partial charge in [-0.3, -0.25) is 4.68 Å². The smallest absolute Gasteiger partial charge is 0.187 e. The molecule has 1 heterocycles. The predicted octanol–water partition coefficient (Wildman–Crippen LogP) is 1.53. The van der Waals surface area contributed by atoms with E-state index < -0.39 is 15.7 Å². The zero-order chi connectivity index (χ0) is 12.5. The second kappa shape index (κ2) is 4.29. The summed E-state index contributed by atoms with van der Waals surface area (Å²) in [6.07, 6.45) is 1.65. The maximum absolute atomic E-state index is 13.4. The molecule has 0 atom stereocenters. The molecular weight excluding hydrogens is 243 g/mol. The summed E-state index contributed by atoms with van der Waals surface area (Å²) in [6, 6.07) is 6.93. The van der Waals surface area contributed by atoms with Crippen LogP contribution in [0.2, 0.25) is 0 Å². The Morgan fingerprint density at radius 2 is 2.00 bits per heavy atom. The van der Waals surface area contributed by atoms with Crippen LogP contribution >= 0.6 is 0 Å². The lowest BCUT2D eigenvalue weighted by Crippen LogP contribution is -2.08. The van der Waals surface area contributed by atoms with Gasteiger partial charge in [0.15, 0.2) is 9.84 Å². The van der Waals surface area contributed by atoms with Crippen molar-refractivity contribution < 1.29 is 12.8 Å². The second-order valence-corrected chi connectivity index (χ2v) is 5.63. The molecule has 0 spiro atoms. The average molecular weight is 254 g/mol. The Labute approximate surface area is 98.6 Å². The molecule has 0 amide bonds. The van der Waals surface area contributed by atoms with Crippen molar-refractivity contribution in [3.8, 4) is 0 Å². The van der Waals surface area contributed by atoms with Crippen molar-refractivity contribution in [1.82, 2.24) is 9.78 Å². The van der Waals surface area contributed by atoms with Gasteiger partial charge in [0, 0.05) is 13.2 Å². The van der Waals surface area contributed by atoms with E-state index in [1.807, 2.05) is 0 Å². The van der Waals surface area contributed by atoms with Gasteiger partial charge in [-0.1, -0.05) is 12.1 Å². The van der Waals surface area contributed by atoms with Crippen molar-refractivity contribution in [2.75, 3.05) is 0 Å². The first-order valence-electron chi connectivity index (χ1n) is 4.95. The lowest BCUT2D eigenvalue weighted by atomic mass is 10.3. The molecule has 0 bridgehead atoms. The molecule has 0 fully saturated rings. The highest BCUT2D eigenvalue weighted by atomic mass is 32.2. The number of hydrogen-bond donors (Lipinski definition) is 0. The lowest BCUT2D eigenvalue weighted by Gasteiger charge is -2.03. The summed E-state index contributed by atoms with van der Waals surface area (Å²) in [5, 5.41) is 3.97. The Bertz CT molecular complexity index is 634. The molecule has 0 unspecified atom stereocenters. The number of aromatic nitrogens is 2. The molecule has 4 nitrogen and oxygen atoms in total. The van der Waals surface area contributed by atoms with E-state index in [0.717, 1.165) is 6.07 Å². The lowest BCUT2D eigenvalue weighted by molar-refractivity contribution is 0.565. The molecule has 6 heteroatoms.